The average Bonchev–Trinajstić information content (AvgIpc) is 2.86. The first-order valence-corrected chi connectivity index (χ1v) is 13.2. The summed E-state index contributed by atoms with van der Waals surface area (Å²) in [7, 11) is 0. The van der Waals surface area contributed by atoms with Gasteiger partial charge in [0.2, 0.25) is 5.91 Å². The van der Waals surface area contributed by atoms with Gasteiger partial charge in [0.1, 0.15) is 11.4 Å². The second kappa shape index (κ2) is 11.4. The first kappa shape index (κ1) is 26.7. The molecule has 2 saturated heterocycles. The zero-order valence-corrected chi connectivity index (χ0v) is 22.3. The third-order valence-electron chi connectivity index (χ3n) is 7.19. The number of nitrogens with zero attached hydrogens (tertiary/aromatic N) is 3. The molecule has 1 N–H and O–H groups in total. The van der Waals surface area contributed by atoms with Crippen molar-refractivity contribution in [3.8, 4) is 5.75 Å². The summed E-state index contributed by atoms with van der Waals surface area (Å²) in [6.45, 7) is 6.25. The van der Waals surface area contributed by atoms with Crippen molar-refractivity contribution in [1.29, 1.82) is 0 Å². The highest BCUT2D eigenvalue weighted by Crippen LogP contribution is 2.37. The molecule has 194 valence electrons. The lowest BCUT2D eigenvalue weighted by Crippen LogP contribution is -2.51. The van der Waals surface area contributed by atoms with Gasteiger partial charge in [0, 0.05) is 49.2 Å². The smallest absolute Gasteiger partial charge is 0.272 e. The number of rotatable bonds is 6. The van der Waals surface area contributed by atoms with Gasteiger partial charge in [0.15, 0.2) is 0 Å². The standard InChI is InChI=1S/C27H33Cl2N3O4/c1-18-12-22(13-19(2)25(18)29)36-17-27(14-24(34)31-10-6-21(33)7-11-31)8-3-9-32(16-27)26(35)23-5-4-20(28)15-30-23/h4-5,12-13,15,21,33H,3,6-11,14,16-17H2,1-2H3/t27-/m1/s1. The number of halogens is 2. The van der Waals surface area contributed by atoms with Gasteiger partial charge in [-0.3, -0.25) is 9.59 Å². The number of likely N-dealkylation sites (tertiary alicyclic amines) is 2. The maximum Gasteiger partial charge on any atom is 0.272 e. The van der Waals surface area contributed by atoms with Gasteiger partial charge in [-0.05, 0) is 74.9 Å². The van der Waals surface area contributed by atoms with Gasteiger partial charge in [0.25, 0.3) is 5.91 Å². The molecule has 2 aliphatic heterocycles. The molecule has 1 aromatic carbocycles. The predicted octanol–water partition coefficient (Wildman–Crippen LogP) is 4.68. The monoisotopic (exact) mass is 533 g/mol. The molecule has 2 fully saturated rings. The minimum Gasteiger partial charge on any atom is -0.493 e. The highest BCUT2D eigenvalue weighted by atomic mass is 35.5. The molecule has 0 spiro atoms. The molecular weight excluding hydrogens is 501 g/mol. The Hall–Kier alpha value is -2.35. The molecule has 0 unspecified atom stereocenters. The summed E-state index contributed by atoms with van der Waals surface area (Å²) in [5, 5.41) is 11.0. The number of hydrogen-bond acceptors (Lipinski definition) is 5. The van der Waals surface area contributed by atoms with Crippen molar-refractivity contribution in [2.45, 2.75) is 52.1 Å². The van der Waals surface area contributed by atoms with E-state index >= 15 is 0 Å². The summed E-state index contributed by atoms with van der Waals surface area (Å²) in [6, 6.07) is 7.09. The van der Waals surface area contributed by atoms with Crippen LogP contribution in [0.2, 0.25) is 10.0 Å². The van der Waals surface area contributed by atoms with E-state index in [4.69, 9.17) is 27.9 Å². The fourth-order valence-electron chi connectivity index (χ4n) is 5.13. The van der Waals surface area contributed by atoms with Crippen LogP contribution in [0, 0.1) is 19.3 Å². The minimum atomic E-state index is -0.547. The molecule has 36 heavy (non-hydrogen) atoms. The Morgan fingerprint density at radius 1 is 1.11 bits per heavy atom. The summed E-state index contributed by atoms with van der Waals surface area (Å²) in [6.07, 6.45) is 4.08. The third-order valence-corrected chi connectivity index (χ3v) is 8.01. The number of aliphatic hydroxyl groups excluding tert-OH is 1. The zero-order valence-electron chi connectivity index (χ0n) is 20.8. The van der Waals surface area contributed by atoms with Crippen molar-refractivity contribution in [3.63, 3.8) is 0 Å². The lowest BCUT2D eigenvalue weighted by molar-refractivity contribution is -0.137. The Kier molecular flexibility index (Phi) is 8.43. The molecule has 3 heterocycles. The molecule has 0 radical (unpaired) electrons. The second-order valence-corrected chi connectivity index (χ2v) is 11.0. The largest absolute Gasteiger partial charge is 0.493 e. The number of amides is 2. The molecule has 2 aromatic rings. The molecule has 0 aliphatic carbocycles. The molecule has 9 heteroatoms. The van der Waals surface area contributed by atoms with Gasteiger partial charge in [-0.25, -0.2) is 4.98 Å². The van der Waals surface area contributed by atoms with Crippen LogP contribution >= 0.6 is 23.2 Å². The Bertz CT molecular complexity index is 1080. The Morgan fingerprint density at radius 2 is 1.81 bits per heavy atom. The van der Waals surface area contributed by atoms with Crippen LogP contribution in [0.15, 0.2) is 30.5 Å². The summed E-state index contributed by atoms with van der Waals surface area (Å²) in [4.78, 5) is 34.4. The van der Waals surface area contributed by atoms with Crippen LogP contribution in [-0.2, 0) is 4.79 Å². The van der Waals surface area contributed by atoms with Crippen molar-refractivity contribution < 1.29 is 19.4 Å². The van der Waals surface area contributed by atoms with E-state index in [1.807, 2.05) is 30.9 Å². The van der Waals surface area contributed by atoms with E-state index in [2.05, 4.69) is 4.98 Å². The lowest BCUT2D eigenvalue weighted by atomic mass is 9.77. The normalized spacial score (nSPS) is 20.9. The van der Waals surface area contributed by atoms with Crippen LogP contribution in [-0.4, -0.2) is 70.6 Å². The van der Waals surface area contributed by atoms with Crippen molar-refractivity contribution in [3.05, 3.63) is 57.3 Å². The predicted molar refractivity (Wildman–Crippen MR) is 140 cm³/mol. The highest BCUT2D eigenvalue weighted by molar-refractivity contribution is 6.32. The maximum absolute atomic E-state index is 13.4. The summed E-state index contributed by atoms with van der Waals surface area (Å²) >= 11 is 12.3. The number of carbonyl (C=O) groups is 2. The fourth-order valence-corrected chi connectivity index (χ4v) is 5.35. The number of aliphatic hydroxyl groups is 1. The first-order valence-electron chi connectivity index (χ1n) is 12.4. The number of benzene rings is 1. The van der Waals surface area contributed by atoms with Gasteiger partial charge in [0.05, 0.1) is 17.7 Å². The summed E-state index contributed by atoms with van der Waals surface area (Å²) in [5.74, 6) is 0.556. The van der Waals surface area contributed by atoms with E-state index in [-0.39, 0.29) is 24.3 Å². The molecule has 2 amide bonds. The van der Waals surface area contributed by atoms with E-state index < -0.39 is 5.41 Å². The van der Waals surface area contributed by atoms with Crippen LogP contribution in [0.4, 0.5) is 0 Å². The van der Waals surface area contributed by atoms with E-state index in [1.165, 1.54) is 6.20 Å². The Balaban J connectivity index is 1.55. The van der Waals surface area contributed by atoms with Gasteiger partial charge < -0.3 is 19.6 Å². The third kappa shape index (κ3) is 6.31. The van der Waals surface area contributed by atoms with Crippen molar-refractivity contribution in [2.24, 2.45) is 5.41 Å². The zero-order chi connectivity index (χ0) is 25.9. The van der Waals surface area contributed by atoms with Gasteiger partial charge in [-0.2, -0.15) is 0 Å². The molecule has 4 rings (SSSR count). The number of pyridine rings is 1. The number of aryl methyl sites for hydroxylation is 2. The van der Waals surface area contributed by atoms with Crippen LogP contribution in [0.25, 0.3) is 0 Å². The molecular formula is C27H33Cl2N3O4. The van der Waals surface area contributed by atoms with Crippen LogP contribution in [0.3, 0.4) is 0 Å². The molecule has 1 atom stereocenters. The van der Waals surface area contributed by atoms with Crippen molar-refractivity contribution >= 4 is 35.0 Å². The highest BCUT2D eigenvalue weighted by Gasteiger charge is 2.41. The molecule has 0 saturated carbocycles. The second-order valence-electron chi connectivity index (χ2n) is 10.1. The maximum atomic E-state index is 13.4. The van der Waals surface area contributed by atoms with Crippen LogP contribution in [0.1, 0.15) is 53.7 Å². The fraction of sp³-hybridized carbons (Fsp3) is 0.519. The molecule has 1 aromatic heterocycles. The molecule has 2 aliphatic rings. The average molecular weight is 534 g/mol. The quantitative estimate of drug-likeness (QED) is 0.582. The summed E-state index contributed by atoms with van der Waals surface area (Å²) < 4.78 is 6.28. The number of ether oxygens (including phenoxy) is 1. The molecule has 7 nitrogen and oxygen atoms in total. The van der Waals surface area contributed by atoms with Gasteiger partial charge >= 0.3 is 0 Å². The van der Waals surface area contributed by atoms with Crippen molar-refractivity contribution in [2.75, 3.05) is 32.8 Å². The number of aromatic nitrogens is 1. The van der Waals surface area contributed by atoms with E-state index in [0.29, 0.717) is 67.1 Å². The van der Waals surface area contributed by atoms with E-state index in [9.17, 15) is 14.7 Å². The van der Waals surface area contributed by atoms with E-state index in [1.54, 1.807) is 17.0 Å². The topological polar surface area (TPSA) is 83.0 Å². The first-order chi connectivity index (χ1) is 17.2. The number of hydrogen-bond donors (Lipinski definition) is 1. The SMILES string of the molecule is Cc1cc(OC[C@@]2(CC(=O)N3CCC(O)CC3)CCCN(C(=O)c3ccc(Cl)cn3)C2)cc(C)c1Cl. The Morgan fingerprint density at radius 3 is 2.44 bits per heavy atom. The Labute approximate surface area is 222 Å². The van der Waals surface area contributed by atoms with Crippen molar-refractivity contribution in [1.82, 2.24) is 14.8 Å². The summed E-state index contributed by atoms with van der Waals surface area (Å²) in [5.41, 5.74) is 1.64. The van der Waals surface area contributed by atoms with E-state index in [0.717, 1.165) is 24.0 Å². The molecule has 0 bridgehead atoms. The van der Waals surface area contributed by atoms with Gasteiger partial charge in [-0.15, -0.1) is 0 Å². The van der Waals surface area contributed by atoms with Gasteiger partial charge in [-0.1, -0.05) is 23.2 Å². The minimum absolute atomic E-state index is 0.0351. The number of piperidine rings is 2. The van der Waals surface area contributed by atoms with Crippen LogP contribution in [0.5, 0.6) is 5.75 Å². The lowest BCUT2D eigenvalue weighted by Gasteiger charge is -2.43. The number of carbonyl (C=O) groups excluding carboxylic acids is 2. The van der Waals surface area contributed by atoms with Crippen LogP contribution < -0.4 is 4.74 Å².